The average molecular weight is 260 g/mol. The van der Waals surface area contributed by atoms with Gasteiger partial charge in [-0.1, -0.05) is 0 Å². The van der Waals surface area contributed by atoms with E-state index in [0.717, 1.165) is 0 Å². The van der Waals surface area contributed by atoms with Gasteiger partial charge < -0.3 is 5.32 Å². The molecule has 0 atom stereocenters. The molecule has 0 aliphatic rings. The summed E-state index contributed by atoms with van der Waals surface area (Å²) in [7, 11) is 0. The third kappa shape index (κ3) is 2.59. The van der Waals surface area contributed by atoms with Crippen molar-refractivity contribution in [3.05, 3.63) is 52.3 Å². The van der Waals surface area contributed by atoms with Crippen LogP contribution in [0.1, 0.15) is 17.3 Å². The Hall–Kier alpha value is -2.70. The molecule has 7 heteroatoms. The fourth-order valence-electron chi connectivity index (χ4n) is 1.68. The number of carbonyl (C=O) groups is 1. The summed E-state index contributed by atoms with van der Waals surface area (Å²) >= 11 is 0. The summed E-state index contributed by atoms with van der Waals surface area (Å²) in [5.41, 5.74) is 0.417. The highest BCUT2D eigenvalue weighted by Crippen LogP contribution is 2.23. The van der Waals surface area contributed by atoms with Crippen LogP contribution in [0.3, 0.4) is 0 Å². The summed E-state index contributed by atoms with van der Waals surface area (Å²) in [6, 6.07) is 5.97. The first kappa shape index (κ1) is 12.7. The van der Waals surface area contributed by atoms with Crippen LogP contribution in [0.25, 0.3) is 5.69 Å². The number of nitrogens with one attached hydrogen (secondary N) is 1. The largest absolute Gasteiger partial charge is 0.352 e. The van der Waals surface area contributed by atoms with Crippen LogP contribution in [0.4, 0.5) is 5.69 Å². The molecular formula is C12H12N4O3. The van der Waals surface area contributed by atoms with Gasteiger partial charge in [0.05, 0.1) is 4.92 Å². The molecule has 0 saturated carbocycles. The number of nitro groups is 1. The minimum absolute atomic E-state index is 0.160. The highest BCUT2D eigenvalue weighted by Gasteiger charge is 2.18. The Morgan fingerprint density at radius 1 is 1.53 bits per heavy atom. The molecule has 1 aromatic carbocycles. The Balaban J connectivity index is 2.47. The van der Waals surface area contributed by atoms with Crippen molar-refractivity contribution in [1.82, 2.24) is 15.1 Å². The first-order valence-corrected chi connectivity index (χ1v) is 5.70. The molecule has 0 fully saturated rings. The third-order valence-electron chi connectivity index (χ3n) is 2.52. The van der Waals surface area contributed by atoms with Crippen molar-refractivity contribution < 1.29 is 9.72 Å². The van der Waals surface area contributed by atoms with E-state index in [4.69, 9.17) is 0 Å². The number of hydrogen-bond acceptors (Lipinski definition) is 4. The Labute approximate surface area is 109 Å². The fourth-order valence-corrected chi connectivity index (χ4v) is 1.68. The first-order valence-electron chi connectivity index (χ1n) is 5.70. The van der Waals surface area contributed by atoms with Gasteiger partial charge in [0, 0.05) is 30.6 Å². The summed E-state index contributed by atoms with van der Waals surface area (Å²) in [4.78, 5) is 22.2. The second-order valence-electron chi connectivity index (χ2n) is 3.77. The molecule has 0 saturated heterocycles. The number of nitrogens with zero attached hydrogens (tertiary/aromatic N) is 3. The lowest BCUT2D eigenvalue weighted by atomic mass is 10.1. The summed E-state index contributed by atoms with van der Waals surface area (Å²) in [5, 5.41) is 17.6. The van der Waals surface area contributed by atoms with Crippen molar-refractivity contribution in [2.75, 3.05) is 6.54 Å². The van der Waals surface area contributed by atoms with Crippen LogP contribution in [0.2, 0.25) is 0 Å². The lowest BCUT2D eigenvalue weighted by molar-refractivity contribution is -0.384. The quantitative estimate of drug-likeness (QED) is 0.666. The third-order valence-corrected chi connectivity index (χ3v) is 2.52. The molecule has 1 N–H and O–H groups in total. The van der Waals surface area contributed by atoms with Crippen LogP contribution in [0, 0.1) is 10.1 Å². The van der Waals surface area contributed by atoms with E-state index >= 15 is 0 Å². The summed E-state index contributed by atoms with van der Waals surface area (Å²) < 4.78 is 1.39. The second-order valence-corrected chi connectivity index (χ2v) is 3.77. The van der Waals surface area contributed by atoms with Crippen molar-refractivity contribution in [2.24, 2.45) is 0 Å². The number of nitro benzene ring substituents is 1. The van der Waals surface area contributed by atoms with Gasteiger partial charge in [-0.15, -0.1) is 0 Å². The molecule has 1 amide bonds. The number of amides is 1. The van der Waals surface area contributed by atoms with Crippen molar-refractivity contribution in [1.29, 1.82) is 0 Å². The molecule has 2 aromatic rings. The minimum atomic E-state index is -0.528. The molecule has 0 aliphatic heterocycles. The van der Waals surface area contributed by atoms with Gasteiger partial charge in [-0.05, 0) is 25.1 Å². The molecule has 98 valence electrons. The standard InChI is InChI=1S/C12H12N4O3/c1-2-13-12(17)9-4-5-10(11(8-9)16(18)19)15-7-3-6-14-15/h3-8H,2H2,1H3,(H,13,17). The van der Waals surface area contributed by atoms with Crippen molar-refractivity contribution in [2.45, 2.75) is 6.92 Å². The minimum Gasteiger partial charge on any atom is -0.352 e. The normalized spacial score (nSPS) is 10.2. The number of aromatic nitrogens is 2. The number of benzene rings is 1. The number of rotatable bonds is 4. The Kier molecular flexibility index (Phi) is 3.56. The van der Waals surface area contributed by atoms with Crippen molar-refractivity contribution in [3.8, 4) is 5.69 Å². The van der Waals surface area contributed by atoms with Crippen molar-refractivity contribution >= 4 is 11.6 Å². The molecule has 2 rings (SSSR count). The summed E-state index contributed by atoms with van der Waals surface area (Å²) in [6.07, 6.45) is 3.13. The van der Waals surface area contributed by atoms with Gasteiger partial charge in [0.25, 0.3) is 11.6 Å². The highest BCUT2D eigenvalue weighted by atomic mass is 16.6. The van der Waals surface area contributed by atoms with Crippen LogP contribution in [0.15, 0.2) is 36.7 Å². The van der Waals surface area contributed by atoms with Gasteiger partial charge in [-0.25, -0.2) is 4.68 Å². The van der Waals surface area contributed by atoms with E-state index in [1.807, 2.05) is 0 Å². The van der Waals surface area contributed by atoms with Gasteiger partial charge in [-0.2, -0.15) is 5.10 Å². The van der Waals surface area contributed by atoms with Crippen molar-refractivity contribution in [3.63, 3.8) is 0 Å². The Bertz CT molecular complexity index is 607. The maximum atomic E-state index is 11.7. The lowest BCUT2D eigenvalue weighted by Crippen LogP contribution is -2.22. The number of carbonyl (C=O) groups excluding carboxylic acids is 1. The smallest absolute Gasteiger partial charge is 0.295 e. The molecule has 1 heterocycles. The van der Waals surface area contributed by atoms with E-state index in [1.165, 1.54) is 29.1 Å². The molecule has 0 radical (unpaired) electrons. The summed E-state index contributed by atoms with van der Waals surface area (Å²) in [6.45, 7) is 2.25. The van der Waals surface area contributed by atoms with E-state index < -0.39 is 4.92 Å². The van der Waals surface area contributed by atoms with Crippen LogP contribution in [-0.4, -0.2) is 27.2 Å². The average Bonchev–Trinajstić information content (AvgIpc) is 2.92. The van der Waals surface area contributed by atoms with Crippen LogP contribution >= 0.6 is 0 Å². The monoisotopic (exact) mass is 260 g/mol. The van der Waals surface area contributed by atoms with E-state index in [2.05, 4.69) is 10.4 Å². The molecule has 0 bridgehead atoms. The number of hydrogen-bond donors (Lipinski definition) is 1. The Morgan fingerprint density at radius 2 is 2.32 bits per heavy atom. The van der Waals surface area contributed by atoms with E-state index in [1.54, 1.807) is 19.2 Å². The van der Waals surface area contributed by atoms with Gasteiger partial charge >= 0.3 is 0 Å². The lowest BCUT2D eigenvalue weighted by Gasteiger charge is -2.06. The van der Waals surface area contributed by atoms with E-state index in [-0.39, 0.29) is 17.2 Å². The molecule has 1 aromatic heterocycles. The highest BCUT2D eigenvalue weighted by molar-refractivity contribution is 5.95. The molecular weight excluding hydrogens is 248 g/mol. The Morgan fingerprint density at radius 3 is 2.89 bits per heavy atom. The zero-order valence-corrected chi connectivity index (χ0v) is 10.2. The van der Waals surface area contributed by atoms with Crippen LogP contribution in [0.5, 0.6) is 0 Å². The van der Waals surface area contributed by atoms with Gasteiger partial charge in [0.2, 0.25) is 0 Å². The molecule has 0 spiro atoms. The predicted molar refractivity (Wildman–Crippen MR) is 68.2 cm³/mol. The molecule has 0 aliphatic carbocycles. The summed E-state index contributed by atoms with van der Waals surface area (Å²) in [5.74, 6) is -0.336. The van der Waals surface area contributed by atoms with E-state index in [9.17, 15) is 14.9 Å². The molecule has 19 heavy (non-hydrogen) atoms. The molecule has 7 nitrogen and oxygen atoms in total. The van der Waals surface area contributed by atoms with E-state index in [0.29, 0.717) is 12.2 Å². The zero-order valence-electron chi connectivity index (χ0n) is 10.2. The SMILES string of the molecule is CCNC(=O)c1ccc(-n2cccn2)c([N+](=O)[O-])c1. The van der Waals surface area contributed by atoms with Crippen LogP contribution in [-0.2, 0) is 0 Å². The first-order chi connectivity index (χ1) is 9.13. The fraction of sp³-hybridized carbons (Fsp3) is 0.167. The second kappa shape index (κ2) is 5.30. The van der Waals surface area contributed by atoms with Gasteiger partial charge in [0.1, 0.15) is 5.69 Å². The van der Waals surface area contributed by atoms with Crippen LogP contribution < -0.4 is 5.32 Å². The predicted octanol–water partition coefficient (Wildman–Crippen LogP) is 1.53. The topological polar surface area (TPSA) is 90.1 Å². The zero-order chi connectivity index (χ0) is 13.8. The van der Waals surface area contributed by atoms with Gasteiger partial charge in [-0.3, -0.25) is 14.9 Å². The maximum absolute atomic E-state index is 11.7. The van der Waals surface area contributed by atoms with Gasteiger partial charge in [0.15, 0.2) is 0 Å². The maximum Gasteiger partial charge on any atom is 0.295 e. The molecule has 0 unspecified atom stereocenters.